The number of nitrogens with one attached hydrogen (secondary N) is 1. The third-order valence-corrected chi connectivity index (χ3v) is 3.23. The molecule has 1 saturated heterocycles. The second-order valence-corrected chi connectivity index (χ2v) is 4.11. The van der Waals surface area contributed by atoms with Gasteiger partial charge < -0.3 is 0 Å². The van der Waals surface area contributed by atoms with Gasteiger partial charge in [0, 0.05) is 0 Å². The Labute approximate surface area is 85.9 Å². The van der Waals surface area contributed by atoms with Crippen LogP contribution in [0.2, 0.25) is 0 Å². The summed E-state index contributed by atoms with van der Waals surface area (Å²) in [5, 5.41) is 2.09. The molecule has 14 heavy (non-hydrogen) atoms. The molecule has 0 saturated carbocycles. The number of benzene rings is 1. The van der Waals surface area contributed by atoms with Crippen LogP contribution >= 0.6 is 11.8 Å². The highest BCUT2D eigenvalue weighted by Crippen LogP contribution is 2.30. The van der Waals surface area contributed by atoms with Gasteiger partial charge in [-0.2, -0.15) is 0 Å². The van der Waals surface area contributed by atoms with Crippen LogP contribution in [0.15, 0.2) is 30.3 Å². The van der Waals surface area contributed by atoms with Gasteiger partial charge in [-0.3, -0.25) is 14.9 Å². The summed E-state index contributed by atoms with van der Waals surface area (Å²) in [7, 11) is 0. The number of amides is 2. The van der Waals surface area contributed by atoms with E-state index >= 15 is 0 Å². The molecule has 0 spiro atoms. The summed E-state index contributed by atoms with van der Waals surface area (Å²) in [6.07, 6.45) is 0. The van der Waals surface area contributed by atoms with E-state index in [0.717, 1.165) is 5.56 Å². The molecule has 4 heteroatoms. The first-order valence-corrected chi connectivity index (χ1v) is 5.32. The van der Waals surface area contributed by atoms with Crippen LogP contribution in [0, 0.1) is 0 Å². The van der Waals surface area contributed by atoms with Crippen molar-refractivity contribution in [3.8, 4) is 0 Å². The van der Waals surface area contributed by atoms with E-state index in [1.54, 1.807) is 0 Å². The molecule has 1 heterocycles. The van der Waals surface area contributed by atoms with Crippen molar-refractivity contribution in [3.05, 3.63) is 35.9 Å². The molecule has 1 atom stereocenters. The summed E-state index contributed by atoms with van der Waals surface area (Å²) in [5.74, 6) is -0.0599. The highest BCUT2D eigenvalue weighted by molar-refractivity contribution is 8.01. The van der Waals surface area contributed by atoms with Gasteiger partial charge >= 0.3 is 0 Å². The number of rotatable bonds is 1. The zero-order chi connectivity index (χ0) is 9.97. The van der Waals surface area contributed by atoms with E-state index in [-0.39, 0.29) is 17.1 Å². The summed E-state index contributed by atoms with van der Waals surface area (Å²) < 4.78 is 0. The van der Waals surface area contributed by atoms with E-state index in [1.165, 1.54) is 11.8 Å². The van der Waals surface area contributed by atoms with Crippen LogP contribution in [-0.2, 0) is 9.59 Å². The average Bonchev–Trinajstić information content (AvgIpc) is 2.19. The largest absolute Gasteiger partial charge is 0.294 e. The van der Waals surface area contributed by atoms with Crippen molar-refractivity contribution in [1.82, 2.24) is 5.32 Å². The first kappa shape index (κ1) is 9.27. The van der Waals surface area contributed by atoms with Crippen molar-refractivity contribution in [2.24, 2.45) is 0 Å². The van der Waals surface area contributed by atoms with E-state index in [1.807, 2.05) is 30.3 Å². The molecule has 1 aliphatic heterocycles. The molecule has 0 aliphatic carbocycles. The van der Waals surface area contributed by atoms with Gasteiger partial charge in [-0.1, -0.05) is 30.3 Å². The minimum atomic E-state index is -0.242. The maximum Gasteiger partial charge on any atom is 0.244 e. The number of hydrogen-bond acceptors (Lipinski definition) is 3. The summed E-state index contributed by atoms with van der Waals surface area (Å²) in [5.41, 5.74) is 0.947. The molecular weight excluding hydrogens is 198 g/mol. The quantitative estimate of drug-likeness (QED) is 0.702. The van der Waals surface area contributed by atoms with Crippen molar-refractivity contribution in [2.75, 3.05) is 5.75 Å². The van der Waals surface area contributed by atoms with E-state index in [0.29, 0.717) is 5.75 Å². The normalized spacial score (nSPS) is 21.9. The fourth-order valence-corrected chi connectivity index (χ4v) is 2.30. The molecule has 1 aliphatic rings. The van der Waals surface area contributed by atoms with Gasteiger partial charge in [0.15, 0.2) is 0 Å². The number of carbonyl (C=O) groups excluding carboxylic acids is 2. The van der Waals surface area contributed by atoms with Crippen LogP contribution in [0.25, 0.3) is 0 Å². The minimum Gasteiger partial charge on any atom is -0.294 e. The Hall–Kier alpha value is -1.29. The smallest absolute Gasteiger partial charge is 0.244 e. The summed E-state index contributed by atoms with van der Waals surface area (Å²) in [6, 6.07) is 9.47. The van der Waals surface area contributed by atoms with E-state index < -0.39 is 0 Å². The molecule has 1 aromatic rings. The maximum atomic E-state index is 11.5. The molecule has 1 fully saturated rings. The van der Waals surface area contributed by atoms with Crippen LogP contribution in [0.5, 0.6) is 0 Å². The summed E-state index contributed by atoms with van der Waals surface area (Å²) in [4.78, 5) is 22.3. The minimum absolute atomic E-state index is 0.202. The monoisotopic (exact) mass is 207 g/mol. The zero-order valence-electron chi connectivity index (χ0n) is 7.40. The first-order chi connectivity index (χ1) is 6.77. The maximum absolute atomic E-state index is 11.5. The van der Waals surface area contributed by atoms with Crippen LogP contribution in [0.1, 0.15) is 10.8 Å². The Morgan fingerprint density at radius 1 is 1.21 bits per heavy atom. The lowest BCUT2D eigenvalue weighted by molar-refractivity contribution is -0.129. The Morgan fingerprint density at radius 2 is 1.93 bits per heavy atom. The second kappa shape index (κ2) is 3.84. The third-order valence-electron chi connectivity index (χ3n) is 1.98. The lowest BCUT2D eigenvalue weighted by atomic mass is 10.1. The van der Waals surface area contributed by atoms with E-state index in [4.69, 9.17) is 0 Å². The van der Waals surface area contributed by atoms with Crippen LogP contribution in [-0.4, -0.2) is 17.6 Å². The van der Waals surface area contributed by atoms with Crippen LogP contribution < -0.4 is 5.32 Å². The number of carbonyl (C=O) groups is 2. The molecule has 2 rings (SSSR count). The van der Waals surface area contributed by atoms with Crippen molar-refractivity contribution >= 4 is 23.6 Å². The van der Waals surface area contributed by atoms with Gasteiger partial charge in [0.2, 0.25) is 11.8 Å². The van der Waals surface area contributed by atoms with Gasteiger partial charge in [-0.25, -0.2) is 0 Å². The fraction of sp³-hybridized carbons (Fsp3) is 0.200. The molecule has 0 radical (unpaired) electrons. The number of imide groups is 1. The van der Waals surface area contributed by atoms with Gasteiger partial charge in [0.1, 0.15) is 5.25 Å². The van der Waals surface area contributed by atoms with Crippen LogP contribution in [0.3, 0.4) is 0 Å². The second-order valence-electron chi connectivity index (χ2n) is 3.01. The molecule has 72 valence electrons. The molecule has 1 aromatic carbocycles. The number of hydrogen-bond donors (Lipinski definition) is 1. The third kappa shape index (κ3) is 1.80. The SMILES string of the molecule is O=C1CSC(c2ccccc2)C(=O)N1. The van der Waals surface area contributed by atoms with E-state index in [2.05, 4.69) is 5.32 Å². The summed E-state index contributed by atoms with van der Waals surface area (Å²) in [6.45, 7) is 0. The standard InChI is InChI=1S/C10H9NO2S/c12-8-6-14-9(10(13)11-8)7-4-2-1-3-5-7/h1-5,9H,6H2,(H,11,12,13). The highest BCUT2D eigenvalue weighted by atomic mass is 32.2. The zero-order valence-corrected chi connectivity index (χ0v) is 8.21. The fourth-order valence-electron chi connectivity index (χ4n) is 1.35. The Bertz CT molecular complexity index is 364. The van der Waals surface area contributed by atoms with Crippen LogP contribution in [0.4, 0.5) is 0 Å². The van der Waals surface area contributed by atoms with Gasteiger partial charge in [-0.15, -0.1) is 11.8 Å². The van der Waals surface area contributed by atoms with Crippen molar-refractivity contribution < 1.29 is 9.59 Å². The van der Waals surface area contributed by atoms with Gasteiger partial charge in [0.05, 0.1) is 5.75 Å². The predicted octanol–water partition coefficient (Wildman–Crippen LogP) is 1.12. The molecular formula is C10H9NO2S. The number of thioether (sulfide) groups is 1. The van der Waals surface area contributed by atoms with Crippen molar-refractivity contribution in [2.45, 2.75) is 5.25 Å². The lowest BCUT2D eigenvalue weighted by Crippen LogP contribution is -2.39. The molecule has 0 aromatic heterocycles. The topological polar surface area (TPSA) is 46.2 Å². The molecule has 1 N–H and O–H groups in total. The lowest BCUT2D eigenvalue weighted by Gasteiger charge is -2.20. The Morgan fingerprint density at radius 3 is 2.57 bits per heavy atom. The molecule has 3 nitrogen and oxygen atoms in total. The van der Waals surface area contributed by atoms with Gasteiger partial charge in [0.25, 0.3) is 0 Å². The summed E-state index contributed by atoms with van der Waals surface area (Å²) >= 11 is 1.37. The molecule has 1 unspecified atom stereocenters. The van der Waals surface area contributed by atoms with E-state index in [9.17, 15) is 9.59 Å². The van der Waals surface area contributed by atoms with Crippen molar-refractivity contribution in [1.29, 1.82) is 0 Å². The average molecular weight is 207 g/mol. The molecule has 0 bridgehead atoms. The molecule has 2 amide bonds. The van der Waals surface area contributed by atoms with Gasteiger partial charge in [-0.05, 0) is 5.56 Å². The highest BCUT2D eigenvalue weighted by Gasteiger charge is 2.28. The predicted molar refractivity (Wildman–Crippen MR) is 54.8 cm³/mol. The Balaban J connectivity index is 2.20. The van der Waals surface area contributed by atoms with Crippen molar-refractivity contribution in [3.63, 3.8) is 0 Å². The first-order valence-electron chi connectivity index (χ1n) is 4.27. The Kier molecular flexibility index (Phi) is 2.54.